The number of fused-ring (bicyclic) bond motifs is 1. The van der Waals surface area contributed by atoms with Crippen molar-refractivity contribution >= 4 is 11.1 Å². The van der Waals surface area contributed by atoms with Gasteiger partial charge in [-0.25, -0.2) is 4.79 Å². The first-order valence-corrected chi connectivity index (χ1v) is 6.45. The minimum atomic E-state index is -0.413. The Morgan fingerprint density at radius 3 is 2.84 bits per heavy atom. The zero-order valence-corrected chi connectivity index (χ0v) is 11.7. The van der Waals surface area contributed by atoms with Gasteiger partial charge < -0.3 is 10.2 Å². The maximum absolute atomic E-state index is 11.1. The second-order valence-electron chi connectivity index (χ2n) is 5.55. The highest BCUT2D eigenvalue weighted by Crippen LogP contribution is 2.20. The Balaban J connectivity index is 2.18. The Kier molecular flexibility index (Phi) is 3.78. The standard InChI is InChI=1S/C14H21N3O2/c1-14(2,6-7-15)17(3)9-10-4-5-11-12(8-10)19-13(18)16-11/h4-5,8H,6-7,9,15H2,1-3H3,(H,16,18). The van der Waals surface area contributed by atoms with Crippen LogP contribution in [0.4, 0.5) is 0 Å². The number of aromatic amines is 1. The Labute approximate surface area is 112 Å². The van der Waals surface area contributed by atoms with Crippen molar-refractivity contribution in [2.45, 2.75) is 32.4 Å². The third kappa shape index (κ3) is 3.05. The number of hydrogen-bond acceptors (Lipinski definition) is 4. The molecule has 0 radical (unpaired) electrons. The summed E-state index contributed by atoms with van der Waals surface area (Å²) in [5, 5.41) is 0. The number of nitrogens with one attached hydrogen (secondary N) is 1. The van der Waals surface area contributed by atoms with Gasteiger partial charge in [0.1, 0.15) is 0 Å². The van der Waals surface area contributed by atoms with Gasteiger partial charge in [0.25, 0.3) is 0 Å². The van der Waals surface area contributed by atoms with Gasteiger partial charge in [0.05, 0.1) is 5.52 Å². The highest BCUT2D eigenvalue weighted by molar-refractivity contribution is 5.72. The Bertz CT molecular complexity index is 612. The van der Waals surface area contributed by atoms with Crippen LogP contribution < -0.4 is 11.5 Å². The third-order valence-electron chi connectivity index (χ3n) is 3.69. The molecule has 0 unspecified atom stereocenters. The lowest BCUT2D eigenvalue weighted by atomic mass is 9.98. The van der Waals surface area contributed by atoms with Crippen molar-refractivity contribution in [3.8, 4) is 0 Å². The van der Waals surface area contributed by atoms with Crippen LogP contribution in [0.2, 0.25) is 0 Å². The summed E-state index contributed by atoms with van der Waals surface area (Å²) in [4.78, 5) is 16.0. The molecule has 2 aromatic rings. The van der Waals surface area contributed by atoms with Crippen molar-refractivity contribution in [2.24, 2.45) is 5.73 Å². The van der Waals surface area contributed by atoms with E-state index in [-0.39, 0.29) is 5.54 Å². The predicted octanol–water partition coefficient (Wildman–Crippen LogP) is 1.68. The van der Waals surface area contributed by atoms with E-state index in [0.29, 0.717) is 12.1 Å². The van der Waals surface area contributed by atoms with E-state index in [0.717, 1.165) is 24.0 Å². The zero-order valence-electron chi connectivity index (χ0n) is 11.7. The van der Waals surface area contributed by atoms with Crippen LogP contribution in [0.1, 0.15) is 25.8 Å². The largest absolute Gasteiger partial charge is 0.417 e. The van der Waals surface area contributed by atoms with Crippen molar-refractivity contribution in [1.29, 1.82) is 0 Å². The lowest BCUT2D eigenvalue weighted by Crippen LogP contribution is -2.42. The first-order chi connectivity index (χ1) is 8.92. The molecule has 0 fully saturated rings. The number of nitrogens with two attached hydrogens (primary N) is 1. The topological polar surface area (TPSA) is 75.3 Å². The smallest absolute Gasteiger partial charge is 0.408 e. The Morgan fingerprint density at radius 1 is 1.42 bits per heavy atom. The number of nitrogens with zero attached hydrogens (tertiary/aromatic N) is 1. The molecule has 0 aliphatic heterocycles. The normalized spacial score (nSPS) is 12.5. The van der Waals surface area contributed by atoms with Crippen LogP contribution in [0.3, 0.4) is 0 Å². The van der Waals surface area contributed by atoms with Gasteiger partial charge in [0, 0.05) is 12.1 Å². The maximum atomic E-state index is 11.1. The van der Waals surface area contributed by atoms with E-state index in [1.54, 1.807) is 0 Å². The van der Waals surface area contributed by atoms with Crippen LogP contribution in [-0.2, 0) is 6.54 Å². The van der Waals surface area contributed by atoms with Gasteiger partial charge in [-0.05, 0) is 51.6 Å². The molecule has 0 atom stereocenters. The minimum absolute atomic E-state index is 0.0443. The van der Waals surface area contributed by atoms with Gasteiger partial charge in [-0.2, -0.15) is 0 Å². The van der Waals surface area contributed by atoms with E-state index in [2.05, 4.69) is 30.8 Å². The molecule has 104 valence electrons. The summed E-state index contributed by atoms with van der Waals surface area (Å²) in [5.74, 6) is -0.413. The second-order valence-corrected chi connectivity index (χ2v) is 5.55. The summed E-state index contributed by atoms with van der Waals surface area (Å²) in [5.41, 5.74) is 8.14. The zero-order chi connectivity index (χ0) is 14.0. The molecule has 1 aromatic heterocycles. The van der Waals surface area contributed by atoms with Crippen LogP contribution in [0, 0.1) is 0 Å². The molecular formula is C14H21N3O2. The van der Waals surface area contributed by atoms with Crippen molar-refractivity contribution in [2.75, 3.05) is 13.6 Å². The molecule has 0 amide bonds. The van der Waals surface area contributed by atoms with Crippen molar-refractivity contribution in [3.63, 3.8) is 0 Å². The second kappa shape index (κ2) is 5.19. The van der Waals surface area contributed by atoms with Gasteiger partial charge >= 0.3 is 5.76 Å². The first-order valence-electron chi connectivity index (χ1n) is 6.45. The number of rotatable bonds is 5. The minimum Gasteiger partial charge on any atom is -0.408 e. The molecule has 19 heavy (non-hydrogen) atoms. The number of benzene rings is 1. The fraction of sp³-hybridized carbons (Fsp3) is 0.500. The van der Waals surface area contributed by atoms with Crippen molar-refractivity contribution < 1.29 is 4.42 Å². The van der Waals surface area contributed by atoms with Gasteiger partial charge in [0.2, 0.25) is 0 Å². The fourth-order valence-electron chi connectivity index (χ4n) is 2.12. The van der Waals surface area contributed by atoms with E-state index < -0.39 is 5.76 Å². The molecule has 0 saturated carbocycles. The number of oxazole rings is 1. The first kappa shape index (κ1) is 13.8. The maximum Gasteiger partial charge on any atom is 0.417 e. The molecule has 0 aliphatic carbocycles. The lowest BCUT2D eigenvalue weighted by Gasteiger charge is -2.35. The predicted molar refractivity (Wildman–Crippen MR) is 76.1 cm³/mol. The molecule has 3 N–H and O–H groups in total. The summed E-state index contributed by atoms with van der Waals surface area (Å²) < 4.78 is 5.07. The van der Waals surface area contributed by atoms with E-state index in [1.165, 1.54) is 0 Å². The van der Waals surface area contributed by atoms with Crippen LogP contribution in [0.25, 0.3) is 11.1 Å². The Morgan fingerprint density at radius 2 is 2.16 bits per heavy atom. The molecule has 1 heterocycles. The average molecular weight is 263 g/mol. The molecule has 2 rings (SSSR count). The molecule has 5 nitrogen and oxygen atoms in total. The summed E-state index contributed by atoms with van der Waals surface area (Å²) >= 11 is 0. The van der Waals surface area contributed by atoms with Crippen LogP contribution in [0.15, 0.2) is 27.4 Å². The van der Waals surface area contributed by atoms with E-state index in [9.17, 15) is 4.79 Å². The molecule has 1 aromatic carbocycles. The van der Waals surface area contributed by atoms with E-state index in [4.69, 9.17) is 10.2 Å². The van der Waals surface area contributed by atoms with Crippen molar-refractivity contribution in [1.82, 2.24) is 9.88 Å². The summed E-state index contributed by atoms with van der Waals surface area (Å²) in [6.45, 7) is 5.81. The number of H-pyrrole nitrogens is 1. The summed E-state index contributed by atoms with van der Waals surface area (Å²) in [7, 11) is 2.08. The third-order valence-corrected chi connectivity index (χ3v) is 3.69. The molecule has 0 bridgehead atoms. The van der Waals surface area contributed by atoms with E-state index in [1.807, 2.05) is 18.2 Å². The molecule has 0 aliphatic rings. The quantitative estimate of drug-likeness (QED) is 0.860. The van der Waals surface area contributed by atoms with Gasteiger partial charge in [-0.1, -0.05) is 6.07 Å². The highest BCUT2D eigenvalue weighted by Gasteiger charge is 2.22. The lowest BCUT2D eigenvalue weighted by molar-refractivity contribution is 0.140. The van der Waals surface area contributed by atoms with Crippen LogP contribution >= 0.6 is 0 Å². The van der Waals surface area contributed by atoms with Crippen molar-refractivity contribution in [3.05, 3.63) is 34.3 Å². The number of aromatic nitrogens is 1. The number of hydrogen-bond donors (Lipinski definition) is 2. The molecular weight excluding hydrogens is 242 g/mol. The summed E-state index contributed by atoms with van der Waals surface area (Å²) in [6.07, 6.45) is 0.935. The monoisotopic (exact) mass is 263 g/mol. The summed E-state index contributed by atoms with van der Waals surface area (Å²) in [6, 6.07) is 5.78. The highest BCUT2D eigenvalue weighted by atomic mass is 16.4. The molecule has 5 heteroatoms. The SMILES string of the molecule is CN(Cc1ccc2[nH]c(=O)oc2c1)C(C)(C)CCN. The average Bonchev–Trinajstić information content (AvgIpc) is 2.68. The van der Waals surface area contributed by atoms with Crippen LogP contribution in [0.5, 0.6) is 0 Å². The molecule has 0 spiro atoms. The van der Waals surface area contributed by atoms with Gasteiger partial charge in [0.15, 0.2) is 5.58 Å². The molecule has 0 saturated heterocycles. The van der Waals surface area contributed by atoms with Gasteiger partial charge in [-0.3, -0.25) is 9.88 Å². The Hall–Kier alpha value is -1.59. The fourth-order valence-corrected chi connectivity index (χ4v) is 2.12. The van der Waals surface area contributed by atoms with Gasteiger partial charge in [-0.15, -0.1) is 0 Å². The van der Waals surface area contributed by atoms with Crippen LogP contribution in [-0.4, -0.2) is 29.0 Å². The van der Waals surface area contributed by atoms with E-state index >= 15 is 0 Å².